The molecular formula is C20H22F3N3S2. The molecule has 0 spiro atoms. The number of rotatable bonds is 8. The monoisotopic (exact) mass is 425 g/mol. The smallest absolute Gasteiger partial charge is 0.273 e. The van der Waals surface area contributed by atoms with E-state index < -0.39 is 11.9 Å². The molecule has 0 aliphatic carbocycles. The first-order valence-corrected chi connectivity index (χ1v) is 11.3. The SMILES string of the molecule is CCCCCCc1ccsc1-c1cc(SC)nc(-c2cc(C(F)(F)F)[nH]n2)c1. The van der Waals surface area contributed by atoms with Gasteiger partial charge in [-0.3, -0.25) is 5.10 Å². The lowest BCUT2D eigenvalue weighted by atomic mass is 10.0. The summed E-state index contributed by atoms with van der Waals surface area (Å²) >= 11 is 3.12. The first-order chi connectivity index (χ1) is 13.4. The summed E-state index contributed by atoms with van der Waals surface area (Å²) in [6.45, 7) is 2.19. The summed E-state index contributed by atoms with van der Waals surface area (Å²) < 4.78 is 38.7. The molecule has 150 valence electrons. The molecule has 3 heterocycles. The number of aromatic nitrogens is 3. The number of nitrogens with one attached hydrogen (secondary N) is 1. The Morgan fingerprint density at radius 2 is 1.93 bits per heavy atom. The number of aryl methyl sites for hydroxylation is 1. The van der Waals surface area contributed by atoms with Crippen molar-refractivity contribution in [3.8, 4) is 21.8 Å². The molecule has 0 aromatic carbocycles. The van der Waals surface area contributed by atoms with E-state index in [0.717, 1.165) is 34.4 Å². The summed E-state index contributed by atoms with van der Waals surface area (Å²) in [5.41, 5.74) is 2.03. The number of unbranched alkanes of at least 4 members (excludes halogenated alkanes) is 3. The highest BCUT2D eigenvalue weighted by Gasteiger charge is 2.33. The van der Waals surface area contributed by atoms with Crippen LogP contribution in [0.25, 0.3) is 21.8 Å². The highest BCUT2D eigenvalue weighted by Crippen LogP contribution is 2.36. The van der Waals surface area contributed by atoms with Gasteiger partial charge in [0.15, 0.2) is 0 Å². The summed E-state index contributed by atoms with van der Waals surface area (Å²) in [4.78, 5) is 5.62. The highest BCUT2D eigenvalue weighted by molar-refractivity contribution is 7.98. The number of thioether (sulfide) groups is 1. The van der Waals surface area contributed by atoms with Gasteiger partial charge in [-0.1, -0.05) is 26.2 Å². The second kappa shape index (κ2) is 9.13. The normalized spacial score (nSPS) is 11.9. The summed E-state index contributed by atoms with van der Waals surface area (Å²) in [6, 6.07) is 6.97. The van der Waals surface area contributed by atoms with Gasteiger partial charge >= 0.3 is 6.18 Å². The topological polar surface area (TPSA) is 41.6 Å². The van der Waals surface area contributed by atoms with E-state index in [1.165, 1.54) is 36.6 Å². The van der Waals surface area contributed by atoms with E-state index in [1.54, 1.807) is 11.3 Å². The Morgan fingerprint density at radius 1 is 1.11 bits per heavy atom. The van der Waals surface area contributed by atoms with Crippen molar-refractivity contribution in [3.63, 3.8) is 0 Å². The maximum atomic E-state index is 12.9. The van der Waals surface area contributed by atoms with Gasteiger partial charge in [-0.2, -0.15) is 18.3 Å². The molecule has 3 aromatic heterocycles. The van der Waals surface area contributed by atoms with E-state index in [0.29, 0.717) is 5.69 Å². The molecule has 3 rings (SSSR count). The van der Waals surface area contributed by atoms with E-state index in [2.05, 4.69) is 33.6 Å². The van der Waals surface area contributed by atoms with Crippen molar-refractivity contribution < 1.29 is 13.2 Å². The number of aromatic amines is 1. The minimum atomic E-state index is -4.45. The van der Waals surface area contributed by atoms with Gasteiger partial charge in [0.2, 0.25) is 0 Å². The molecule has 28 heavy (non-hydrogen) atoms. The van der Waals surface area contributed by atoms with Crippen LogP contribution < -0.4 is 0 Å². The zero-order valence-corrected chi connectivity index (χ0v) is 17.4. The fourth-order valence-electron chi connectivity index (χ4n) is 3.00. The summed E-state index contributed by atoms with van der Waals surface area (Å²) in [7, 11) is 0. The molecule has 0 amide bonds. The van der Waals surface area contributed by atoms with Crippen LogP contribution >= 0.6 is 23.1 Å². The third kappa shape index (κ3) is 4.97. The van der Waals surface area contributed by atoms with Crippen molar-refractivity contribution >= 4 is 23.1 Å². The van der Waals surface area contributed by atoms with Gasteiger partial charge in [-0.25, -0.2) is 4.98 Å². The van der Waals surface area contributed by atoms with E-state index in [-0.39, 0.29) is 5.69 Å². The molecular weight excluding hydrogens is 403 g/mol. The van der Waals surface area contributed by atoms with E-state index in [1.807, 2.05) is 18.4 Å². The zero-order chi connectivity index (χ0) is 20.1. The maximum Gasteiger partial charge on any atom is 0.432 e. The van der Waals surface area contributed by atoms with Crippen LogP contribution in [0.1, 0.15) is 43.9 Å². The minimum absolute atomic E-state index is 0.200. The van der Waals surface area contributed by atoms with Crippen LogP contribution in [0.4, 0.5) is 13.2 Å². The van der Waals surface area contributed by atoms with Crippen LogP contribution in [0, 0.1) is 0 Å². The maximum absolute atomic E-state index is 12.9. The number of hydrogen-bond acceptors (Lipinski definition) is 4. The Kier molecular flexibility index (Phi) is 6.82. The van der Waals surface area contributed by atoms with Crippen molar-refractivity contribution in [2.75, 3.05) is 6.26 Å². The molecule has 0 atom stereocenters. The first kappa shape index (κ1) is 20.9. The van der Waals surface area contributed by atoms with Gasteiger partial charge < -0.3 is 0 Å². The van der Waals surface area contributed by atoms with Crippen molar-refractivity contribution in [2.45, 2.75) is 50.2 Å². The average Bonchev–Trinajstić information content (AvgIpc) is 3.34. The van der Waals surface area contributed by atoms with Crippen molar-refractivity contribution in [1.82, 2.24) is 15.2 Å². The van der Waals surface area contributed by atoms with Crippen LogP contribution in [-0.4, -0.2) is 21.4 Å². The molecule has 3 nitrogen and oxygen atoms in total. The minimum Gasteiger partial charge on any atom is -0.273 e. The van der Waals surface area contributed by atoms with Gasteiger partial charge in [0.1, 0.15) is 11.4 Å². The van der Waals surface area contributed by atoms with Gasteiger partial charge in [0, 0.05) is 4.88 Å². The lowest BCUT2D eigenvalue weighted by molar-refractivity contribution is -0.141. The van der Waals surface area contributed by atoms with E-state index in [9.17, 15) is 13.2 Å². The number of alkyl halides is 3. The van der Waals surface area contributed by atoms with Crippen molar-refractivity contribution in [1.29, 1.82) is 0 Å². The number of thiophene rings is 1. The van der Waals surface area contributed by atoms with Crippen LogP contribution in [0.5, 0.6) is 0 Å². The number of halogens is 3. The molecule has 3 aromatic rings. The van der Waals surface area contributed by atoms with E-state index in [4.69, 9.17) is 0 Å². The molecule has 0 aliphatic rings. The molecule has 1 N–H and O–H groups in total. The molecule has 8 heteroatoms. The Bertz CT molecular complexity index is 916. The molecule has 0 fully saturated rings. The second-order valence-corrected chi connectivity index (χ2v) is 8.28. The fourth-order valence-corrected chi connectivity index (χ4v) is 4.38. The summed E-state index contributed by atoms with van der Waals surface area (Å²) in [5.74, 6) is 0. The molecule has 0 aliphatic heterocycles. The molecule has 0 saturated carbocycles. The molecule has 0 radical (unpaired) electrons. The number of nitrogens with zero attached hydrogens (tertiary/aromatic N) is 2. The second-order valence-electron chi connectivity index (χ2n) is 6.53. The molecule has 0 bridgehead atoms. The van der Waals surface area contributed by atoms with Crippen LogP contribution in [-0.2, 0) is 12.6 Å². The Labute approximate surface area is 170 Å². The predicted molar refractivity (Wildman–Crippen MR) is 110 cm³/mol. The Balaban J connectivity index is 1.92. The number of hydrogen-bond donors (Lipinski definition) is 1. The largest absolute Gasteiger partial charge is 0.432 e. The van der Waals surface area contributed by atoms with Gasteiger partial charge in [-0.05, 0) is 59.9 Å². The Morgan fingerprint density at radius 3 is 2.61 bits per heavy atom. The van der Waals surface area contributed by atoms with Gasteiger partial charge in [0.25, 0.3) is 0 Å². The average molecular weight is 426 g/mol. The number of H-pyrrole nitrogens is 1. The lowest BCUT2D eigenvalue weighted by Gasteiger charge is -2.08. The van der Waals surface area contributed by atoms with Crippen molar-refractivity contribution in [3.05, 3.63) is 40.9 Å². The lowest BCUT2D eigenvalue weighted by Crippen LogP contribution is -2.04. The Hall–Kier alpha value is -1.80. The van der Waals surface area contributed by atoms with Gasteiger partial charge in [0.05, 0.1) is 10.7 Å². The molecule has 0 unspecified atom stereocenters. The fraction of sp³-hybridized carbons (Fsp3) is 0.400. The predicted octanol–water partition coefficient (Wildman–Crippen LogP) is 7.06. The van der Waals surface area contributed by atoms with Crippen molar-refractivity contribution in [2.24, 2.45) is 0 Å². The van der Waals surface area contributed by atoms with Crippen LogP contribution in [0.15, 0.2) is 34.7 Å². The van der Waals surface area contributed by atoms with Gasteiger partial charge in [-0.15, -0.1) is 23.1 Å². The highest BCUT2D eigenvalue weighted by atomic mass is 32.2. The quantitative estimate of drug-likeness (QED) is 0.310. The first-order valence-electron chi connectivity index (χ1n) is 9.18. The standard InChI is InChI=1S/C20H22F3N3S2/c1-3-4-5-6-7-13-8-9-28-19(13)14-10-15(24-18(11-14)27-2)16-12-17(26-25-16)20(21,22)23/h8-12H,3-7H2,1-2H3,(H,25,26). The number of pyridine rings is 1. The van der Waals surface area contributed by atoms with Crippen LogP contribution in [0.3, 0.4) is 0 Å². The van der Waals surface area contributed by atoms with E-state index >= 15 is 0 Å². The van der Waals surface area contributed by atoms with Crippen LogP contribution in [0.2, 0.25) is 0 Å². The summed E-state index contributed by atoms with van der Waals surface area (Å²) in [6.07, 6.45) is 3.23. The third-order valence-electron chi connectivity index (χ3n) is 4.47. The zero-order valence-electron chi connectivity index (χ0n) is 15.8. The summed E-state index contributed by atoms with van der Waals surface area (Å²) in [5, 5.41) is 8.73. The molecule has 0 saturated heterocycles. The third-order valence-corrected chi connectivity index (χ3v) is 6.10.